The standard InChI is InChI=1S/C16H12ClN5O3S/c1-25-12-5-3-11(4-6-12)15-19-20-16(26)21(15)18-9-10-2-7-13(17)14(8-10)22(23)24/h2-9H,1H3,(H,20,26)/b18-9+. The van der Waals surface area contributed by atoms with E-state index in [1.165, 1.54) is 23.0 Å². The Morgan fingerprint density at radius 1 is 1.35 bits per heavy atom. The van der Waals surface area contributed by atoms with E-state index in [2.05, 4.69) is 15.3 Å². The molecule has 2 aromatic carbocycles. The first-order chi connectivity index (χ1) is 12.5. The Hall–Kier alpha value is -3.04. The molecule has 0 atom stereocenters. The number of rotatable bonds is 5. The molecule has 10 heteroatoms. The number of benzene rings is 2. The first-order valence-electron chi connectivity index (χ1n) is 7.29. The van der Waals surface area contributed by atoms with Crippen molar-refractivity contribution >= 4 is 35.7 Å². The monoisotopic (exact) mass is 389 g/mol. The summed E-state index contributed by atoms with van der Waals surface area (Å²) < 4.78 is 6.85. The first kappa shape index (κ1) is 17.8. The number of aromatic amines is 1. The minimum atomic E-state index is -0.550. The number of nitro benzene ring substituents is 1. The van der Waals surface area contributed by atoms with Gasteiger partial charge in [-0.1, -0.05) is 17.7 Å². The summed E-state index contributed by atoms with van der Waals surface area (Å²) in [5.74, 6) is 1.21. The van der Waals surface area contributed by atoms with E-state index in [0.717, 1.165) is 5.56 Å². The van der Waals surface area contributed by atoms with Gasteiger partial charge in [-0.05, 0) is 42.5 Å². The molecule has 1 heterocycles. The zero-order chi connectivity index (χ0) is 18.7. The van der Waals surface area contributed by atoms with Gasteiger partial charge in [0.25, 0.3) is 5.69 Å². The summed E-state index contributed by atoms with van der Waals surface area (Å²) in [5, 5.41) is 22.2. The van der Waals surface area contributed by atoms with Crippen molar-refractivity contribution in [3.63, 3.8) is 0 Å². The maximum absolute atomic E-state index is 11.0. The van der Waals surface area contributed by atoms with Gasteiger partial charge in [0.1, 0.15) is 10.8 Å². The normalized spacial score (nSPS) is 11.0. The van der Waals surface area contributed by atoms with Crippen LogP contribution in [0.2, 0.25) is 5.02 Å². The molecule has 26 heavy (non-hydrogen) atoms. The van der Waals surface area contributed by atoms with Crippen molar-refractivity contribution in [3.8, 4) is 17.1 Å². The number of nitrogens with zero attached hydrogens (tertiary/aromatic N) is 4. The van der Waals surface area contributed by atoms with E-state index in [-0.39, 0.29) is 15.5 Å². The predicted molar refractivity (Wildman–Crippen MR) is 100 cm³/mol. The van der Waals surface area contributed by atoms with Gasteiger partial charge in [-0.15, -0.1) is 0 Å². The molecular formula is C16H12ClN5O3S. The van der Waals surface area contributed by atoms with E-state index in [9.17, 15) is 10.1 Å². The summed E-state index contributed by atoms with van der Waals surface area (Å²) >= 11 is 11.0. The maximum Gasteiger partial charge on any atom is 0.288 e. The van der Waals surface area contributed by atoms with Gasteiger partial charge in [0.2, 0.25) is 4.77 Å². The second-order valence-electron chi connectivity index (χ2n) is 5.11. The van der Waals surface area contributed by atoms with Crippen molar-refractivity contribution in [1.82, 2.24) is 14.9 Å². The Morgan fingerprint density at radius 3 is 2.73 bits per heavy atom. The highest BCUT2D eigenvalue weighted by atomic mass is 35.5. The van der Waals surface area contributed by atoms with Gasteiger partial charge in [0, 0.05) is 17.2 Å². The Kier molecular flexibility index (Phi) is 5.10. The van der Waals surface area contributed by atoms with E-state index in [1.807, 2.05) is 12.1 Å². The highest BCUT2D eigenvalue weighted by molar-refractivity contribution is 7.71. The van der Waals surface area contributed by atoms with E-state index < -0.39 is 4.92 Å². The number of H-pyrrole nitrogens is 1. The molecule has 0 radical (unpaired) electrons. The fourth-order valence-corrected chi connectivity index (χ4v) is 2.57. The van der Waals surface area contributed by atoms with Crippen LogP contribution in [0, 0.1) is 14.9 Å². The Bertz CT molecular complexity index is 1040. The Labute approximate surface area is 157 Å². The van der Waals surface area contributed by atoms with Crippen molar-refractivity contribution in [2.75, 3.05) is 7.11 Å². The predicted octanol–water partition coefficient (Wildman–Crippen LogP) is 4.06. The molecule has 0 saturated carbocycles. The molecule has 1 aromatic heterocycles. The van der Waals surface area contributed by atoms with Gasteiger partial charge in [-0.25, -0.2) is 5.10 Å². The Balaban J connectivity index is 1.97. The maximum atomic E-state index is 11.0. The van der Waals surface area contributed by atoms with Crippen LogP contribution in [0.1, 0.15) is 5.56 Å². The lowest BCUT2D eigenvalue weighted by Gasteiger charge is -2.03. The number of nitrogens with one attached hydrogen (secondary N) is 1. The van der Waals surface area contributed by atoms with Gasteiger partial charge in [0.15, 0.2) is 5.82 Å². The number of halogens is 1. The van der Waals surface area contributed by atoms with Crippen LogP contribution in [0.25, 0.3) is 11.4 Å². The highest BCUT2D eigenvalue weighted by Crippen LogP contribution is 2.25. The van der Waals surface area contributed by atoms with Gasteiger partial charge in [-0.3, -0.25) is 10.1 Å². The third-order valence-electron chi connectivity index (χ3n) is 3.49. The molecule has 1 N–H and O–H groups in total. The van der Waals surface area contributed by atoms with Gasteiger partial charge >= 0.3 is 0 Å². The minimum Gasteiger partial charge on any atom is -0.497 e. The average molecular weight is 390 g/mol. The molecule has 0 bridgehead atoms. The van der Waals surface area contributed by atoms with E-state index in [0.29, 0.717) is 17.1 Å². The number of aromatic nitrogens is 3. The van der Waals surface area contributed by atoms with Gasteiger partial charge in [0.05, 0.1) is 18.2 Å². The lowest BCUT2D eigenvalue weighted by atomic mass is 10.2. The summed E-state index contributed by atoms with van der Waals surface area (Å²) in [7, 11) is 1.58. The third kappa shape index (κ3) is 3.63. The summed E-state index contributed by atoms with van der Waals surface area (Å²) in [4.78, 5) is 10.4. The molecule has 0 saturated heterocycles. The fraction of sp³-hybridized carbons (Fsp3) is 0.0625. The molecule has 0 amide bonds. The van der Waals surface area contributed by atoms with Crippen molar-refractivity contribution < 1.29 is 9.66 Å². The lowest BCUT2D eigenvalue weighted by molar-refractivity contribution is -0.384. The van der Waals surface area contributed by atoms with Crippen molar-refractivity contribution in [2.45, 2.75) is 0 Å². The van der Waals surface area contributed by atoms with Gasteiger partial charge in [-0.2, -0.15) is 14.9 Å². The van der Waals surface area contributed by atoms with Crippen LogP contribution in [-0.4, -0.2) is 33.1 Å². The van der Waals surface area contributed by atoms with E-state index in [4.69, 9.17) is 28.6 Å². The number of methoxy groups -OCH3 is 1. The first-order valence-corrected chi connectivity index (χ1v) is 8.08. The molecule has 0 aliphatic rings. The zero-order valence-corrected chi connectivity index (χ0v) is 15.0. The molecule has 3 rings (SSSR count). The molecule has 3 aromatic rings. The molecule has 0 aliphatic carbocycles. The number of hydrogen-bond donors (Lipinski definition) is 1. The second-order valence-corrected chi connectivity index (χ2v) is 5.90. The largest absolute Gasteiger partial charge is 0.497 e. The smallest absolute Gasteiger partial charge is 0.288 e. The fourth-order valence-electron chi connectivity index (χ4n) is 2.20. The van der Waals surface area contributed by atoms with Crippen molar-refractivity contribution in [3.05, 3.63) is 67.9 Å². The van der Waals surface area contributed by atoms with Crippen molar-refractivity contribution in [2.24, 2.45) is 5.10 Å². The van der Waals surface area contributed by atoms with Crippen LogP contribution >= 0.6 is 23.8 Å². The molecule has 132 valence electrons. The van der Waals surface area contributed by atoms with Crippen LogP contribution in [0.4, 0.5) is 5.69 Å². The molecular weight excluding hydrogens is 378 g/mol. The molecule has 0 spiro atoms. The summed E-state index contributed by atoms with van der Waals surface area (Å²) in [6.07, 6.45) is 1.45. The summed E-state index contributed by atoms with van der Waals surface area (Å²) in [6.45, 7) is 0. The number of nitro groups is 1. The molecule has 0 fully saturated rings. The van der Waals surface area contributed by atoms with Crippen LogP contribution in [-0.2, 0) is 0 Å². The molecule has 8 nitrogen and oxygen atoms in total. The van der Waals surface area contributed by atoms with E-state index in [1.54, 1.807) is 25.3 Å². The van der Waals surface area contributed by atoms with E-state index >= 15 is 0 Å². The third-order valence-corrected chi connectivity index (χ3v) is 4.07. The average Bonchev–Trinajstić information content (AvgIpc) is 3.01. The SMILES string of the molecule is COc1ccc(-c2n[nH]c(=S)n2/N=C/c2ccc(Cl)c([N+](=O)[O-])c2)cc1. The second kappa shape index (κ2) is 7.46. The highest BCUT2D eigenvalue weighted by Gasteiger charge is 2.12. The lowest BCUT2D eigenvalue weighted by Crippen LogP contribution is -1.96. The Morgan fingerprint density at radius 2 is 2.08 bits per heavy atom. The van der Waals surface area contributed by atoms with Crippen LogP contribution < -0.4 is 4.74 Å². The number of ether oxygens (including phenoxy) is 1. The van der Waals surface area contributed by atoms with Gasteiger partial charge < -0.3 is 4.74 Å². The zero-order valence-electron chi connectivity index (χ0n) is 13.4. The van der Waals surface area contributed by atoms with Crippen LogP contribution in [0.3, 0.4) is 0 Å². The topological polar surface area (TPSA) is 98.3 Å². The summed E-state index contributed by atoms with van der Waals surface area (Å²) in [6, 6.07) is 11.6. The van der Waals surface area contributed by atoms with Crippen molar-refractivity contribution in [1.29, 1.82) is 0 Å². The minimum absolute atomic E-state index is 0.0611. The van der Waals surface area contributed by atoms with Crippen LogP contribution in [0.15, 0.2) is 47.6 Å². The number of hydrogen-bond acceptors (Lipinski definition) is 6. The molecule has 0 aliphatic heterocycles. The quantitative estimate of drug-likeness (QED) is 0.307. The summed E-state index contributed by atoms with van der Waals surface area (Å²) in [5.41, 5.74) is 1.09. The van der Waals surface area contributed by atoms with Crippen LogP contribution in [0.5, 0.6) is 5.75 Å². The molecule has 0 unspecified atom stereocenters.